The minimum Gasteiger partial charge on any atom is -0.370 e. The van der Waals surface area contributed by atoms with Gasteiger partial charge in [0.15, 0.2) is 5.78 Å². The van der Waals surface area contributed by atoms with Crippen molar-refractivity contribution in [3.63, 3.8) is 0 Å². The summed E-state index contributed by atoms with van der Waals surface area (Å²) in [5.41, 5.74) is 5.24. The fraction of sp³-hybridized carbons (Fsp3) is 0.360. The van der Waals surface area contributed by atoms with Gasteiger partial charge in [0.05, 0.1) is 27.9 Å². The average Bonchev–Trinajstić information content (AvgIpc) is 3.18. The number of anilines is 1. The summed E-state index contributed by atoms with van der Waals surface area (Å²) in [4.78, 5) is 19.4. The first-order valence-electron chi connectivity index (χ1n) is 10.8. The molecular weight excluding hydrogens is 440 g/mol. The number of H-pyrrole nitrogens is 1. The van der Waals surface area contributed by atoms with Crippen LogP contribution in [0, 0.1) is 11.3 Å². The molecule has 5 rings (SSSR count). The van der Waals surface area contributed by atoms with E-state index in [4.69, 9.17) is 11.6 Å². The van der Waals surface area contributed by atoms with E-state index in [1.807, 2.05) is 18.2 Å². The van der Waals surface area contributed by atoms with Crippen molar-refractivity contribution in [1.82, 2.24) is 9.71 Å². The molecule has 0 saturated carbocycles. The number of ketones is 1. The van der Waals surface area contributed by atoms with Crippen molar-refractivity contribution >= 4 is 45.9 Å². The lowest BCUT2D eigenvalue weighted by Gasteiger charge is -2.37. The van der Waals surface area contributed by atoms with Crippen LogP contribution in [0.4, 0.5) is 5.69 Å². The summed E-state index contributed by atoms with van der Waals surface area (Å²) < 4.78 is 3.46. The van der Waals surface area contributed by atoms with Crippen molar-refractivity contribution in [2.75, 3.05) is 24.2 Å². The first kappa shape index (κ1) is 21.4. The fourth-order valence-electron chi connectivity index (χ4n) is 5.16. The summed E-state index contributed by atoms with van der Waals surface area (Å²) in [5, 5.41) is 10.7. The molecule has 0 unspecified atom stereocenters. The summed E-state index contributed by atoms with van der Waals surface area (Å²) in [6.07, 6.45) is 4.18. The number of rotatable bonds is 3. The van der Waals surface area contributed by atoms with Crippen molar-refractivity contribution in [2.45, 2.75) is 38.1 Å². The molecule has 164 valence electrons. The van der Waals surface area contributed by atoms with Crippen LogP contribution >= 0.6 is 23.5 Å². The van der Waals surface area contributed by atoms with Gasteiger partial charge in [0.25, 0.3) is 0 Å². The molecule has 1 saturated heterocycles. The van der Waals surface area contributed by atoms with Crippen LogP contribution in [0.25, 0.3) is 10.9 Å². The second-order valence-electron chi connectivity index (χ2n) is 9.13. The number of carbonyl (C=O) groups excluding carboxylic acids is 1. The van der Waals surface area contributed by atoms with Crippen LogP contribution in [0.2, 0.25) is 5.02 Å². The molecule has 0 atom stereocenters. The average molecular weight is 465 g/mol. The Kier molecular flexibility index (Phi) is 5.24. The van der Waals surface area contributed by atoms with Crippen molar-refractivity contribution < 1.29 is 4.79 Å². The molecule has 0 amide bonds. The highest BCUT2D eigenvalue weighted by molar-refractivity contribution is 7.96. The van der Waals surface area contributed by atoms with Crippen LogP contribution in [0.5, 0.6) is 0 Å². The Hall–Kier alpha value is -2.46. The molecular formula is C25H25ClN4OS. The van der Waals surface area contributed by atoms with Gasteiger partial charge in [-0.15, -0.1) is 0 Å². The van der Waals surface area contributed by atoms with Crippen LogP contribution in [-0.4, -0.2) is 36.2 Å². The van der Waals surface area contributed by atoms with E-state index in [1.54, 1.807) is 18.0 Å². The molecule has 2 aliphatic rings. The molecule has 2 aromatic carbocycles. The minimum absolute atomic E-state index is 0.0124. The summed E-state index contributed by atoms with van der Waals surface area (Å²) in [7, 11) is 0. The zero-order chi connectivity index (χ0) is 22.6. The molecule has 1 fully saturated rings. The highest BCUT2D eigenvalue weighted by atomic mass is 35.5. The highest BCUT2D eigenvalue weighted by Crippen LogP contribution is 2.46. The Morgan fingerprint density at radius 1 is 1.25 bits per heavy atom. The van der Waals surface area contributed by atoms with Gasteiger partial charge in [-0.3, -0.25) is 9.52 Å². The van der Waals surface area contributed by atoms with Crippen molar-refractivity contribution in [3.8, 4) is 6.07 Å². The minimum atomic E-state index is -0.400. The molecule has 0 radical (unpaired) electrons. The van der Waals surface area contributed by atoms with Crippen LogP contribution in [0.3, 0.4) is 0 Å². The van der Waals surface area contributed by atoms with E-state index in [-0.39, 0.29) is 5.78 Å². The monoisotopic (exact) mass is 464 g/mol. The lowest BCUT2D eigenvalue weighted by atomic mass is 9.71. The fourth-order valence-corrected chi connectivity index (χ4v) is 6.01. The van der Waals surface area contributed by atoms with E-state index in [2.05, 4.69) is 46.8 Å². The normalized spacial score (nSPS) is 17.8. The molecule has 1 aliphatic heterocycles. The van der Waals surface area contributed by atoms with Crippen molar-refractivity contribution in [2.24, 2.45) is 0 Å². The number of benzene rings is 2. The molecule has 2 N–H and O–H groups in total. The van der Waals surface area contributed by atoms with Crippen LogP contribution in [-0.2, 0) is 5.41 Å². The van der Waals surface area contributed by atoms with Crippen molar-refractivity contribution in [3.05, 3.63) is 63.3 Å². The summed E-state index contributed by atoms with van der Waals surface area (Å²) in [5.74, 6) is -0.0124. The number of carbonyl (C=O) groups is 1. The van der Waals surface area contributed by atoms with E-state index in [1.165, 1.54) is 0 Å². The van der Waals surface area contributed by atoms with E-state index in [9.17, 15) is 10.1 Å². The third kappa shape index (κ3) is 3.23. The molecule has 1 aromatic heterocycles. The van der Waals surface area contributed by atoms with Gasteiger partial charge in [0, 0.05) is 46.7 Å². The van der Waals surface area contributed by atoms with E-state index < -0.39 is 5.41 Å². The van der Waals surface area contributed by atoms with Gasteiger partial charge in [-0.25, -0.2) is 0 Å². The highest BCUT2D eigenvalue weighted by Gasteiger charge is 2.40. The van der Waals surface area contributed by atoms with Gasteiger partial charge >= 0.3 is 0 Å². The Balaban J connectivity index is 1.59. The van der Waals surface area contributed by atoms with Crippen LogP contribution in [0.1, 0.15) is 59.4 Å². The predicted octanol–water partition coefficient (Wildman–Crippen LogP) is 5.40. The molecule has 5 nitrogen and oxygen atoms in total. The van der Waals surface area contributed by atoms with Crippen molar-refractivity contribution in [1.29, 1.82) is 5.26 Å². The zero-order valence-electron chi connectivity index (χ0n) is 18.4. The summed E-state index contributed by atoms with van der Waals surface area (Å²) >= 11 is 8.42. The Morgan fingerprint density at radius 3 is 2.69 bits per heavy atom. The predicted molar refractivity (Wildman–Crippen MR) is 132 cm³/mol. The van der Waals surface area contributed by atoms with Gasteiger partial charge in [-0.1, -0.05) is 43.5 Å². The number of fused-ring (bicyclic) bond motifs is 4. The van der Waals surface area contributed by atoms with Crippen LogP contribution in [0.15, 0.2) is 30.3 Å². The second-order valence-corrected chi connectivity index (χ2v) is 10.2. The molecule has 0 spiro atoms. The standard InChI is InChI=1S/C25H25ClN4OS/c1-25(2)18-12-21(30-8-6-15(7-9-30)29-32-3)19(26)11-17(18)23(31)22-16-5-4-14(13-27)10-20(16)28-24(22)25/h4-5,10-12,15,28-29H,6-9H2,1-3H3. The van der Waals surface area contributed by atoms with Crippen LogP contribution < -0.4 is 9.62 Å². The maximum atomic E-state index is 13.6. The molecule has 0 bridgehead atoms. The largest absolute Gasteiger partial charge is 0.370 e. The molecule has 7 heteroatoms. The smallest absolute Gasteiger partial charge is 0.195 e. The van der Waals surface area contributed by atoms with Gasteiger partial charge in [-0.2, -0.15) is 5.26 Å². The van der Waals surface area contributed by atoms with Gasteiger partial charge in [0.2, 0.25) is 0 Å². The van der Waals surface area contributed by atoms with Gasteiger partial charge in [-0.05, 0) is 48.9 Å². The number of halogens is 1. The first-order chi connectivity index (χ1) is 15.3. The summed E-state index contributed by atoms with van der Waals surface area (Å²) in [6.45, 7) is 6.15. The number of nitriles is 1. The SMILES string of the molecule is CSNC1CCN(c2cc3c(cc2Cl)C(=O)c2c([nH]c4cc(C#N)ccc24)C3(C)C)CC1. The number of aromatic amines is 1. The Bertz CT molecular complexity index is 1280. The summed E-state index contributed by atoms with van der Waals surface area (Å²) in [6, 6.07) is 12.1. The number of aromatic nitrogens is 1. The van der Waals surface area contributed by atoms with E-state index >= 15 is 0 Å². The maximum Gasteiger partial charge on any atom is 0.195 e. The number of hydrogen-bond donors (Lipinski definition) is 2. The Morgan fingerprint density at radius 2 is 2.00 bits per heavy atom. The number of nitrogens with zero attached hydrogens (tertiary/aromatic N) is 2. The first-order valence-corrected chi connectivity index (χ1v) is 12.4. The third-order valence-corrected chi connectivity index (χ3v) is 7.78. The molecule has 3 aromatic rings. The molecule has 1 aliphatic carbocycles. The van der Waals surface area contributed by atoms with Gasteiger partial charge in [0.1, 0.15) is 0 Å². The quantitative estimate of drug-likeness (QED) is 0.508. The second kappa shape index (κ2) is 7.84. The Labute approximate surface area is 197 Å². The zero-order valence-corrected chi connectivity index (χ0v) is 20.0. The maximum absolute atomic E-state index is 13.6. The van der Waals surface area contributed by atoms with Gasteiger partial charge < -0.3 is 9.88 Å². The number of piperidine rings is 1. The number of nitrogens with one attached hydrogen (secondary N) is 2. The molecule has 2 heterocycles. The van der Waals surface area contributed by atoms with E-state index in [0.717, 1.165) is 53.8 Å². The lowest BCUT2D eigenvalue weighted by molar-refractivity contribution is 0.103. The van der Waals surface area contributed by atoms with E-state index in [0.29, 0.717) is 27.8 Å². The molecule has 32 heavy (non-hydrogen) atoms. The lowest BCUT2D eigenvalue weighted by Crippen LogP contribution is -2.41. The number of hydrogen-bond acceptors (Lipinski definition) is 5. The third-order valence-electron chi connectivity index (χ3n) is 6.90. The topological polar surface area (TPSA) is 71.9 Å².